The average molecular weight is 769 g/mol. The zero-order valence-electron chi connectivity index (χ0n) is 34.1. The van der Waals surface area contributed by atoms with Crippen molar-refractivity contribution in [3.63, 3.8) is 0 Å². The number of para-hydroxylation sites is 1. The Kier molecular flexibility index (Phi) is 7.56. The highest BCUT2D eigenvalue weighted by Crippen LogP contribution is 2.52. The highest BCUT2D eigenvalue weighted by atomic mass is 32.1. The molecule has 0 saturated heterocycles. The van der Waals surface area contributed by atoms with Crippen molar-refractivity contribution in [3.05, 3.63) is 162 Å². The summed E-state index contributed by atoms with van der Waals surface area (Å²) >= 11 is 1.88. The molecule has 0 radical (unpaired) electrons. The summed E-state index contributed by atoms with van der Waals surface area (Å²) in [6.07, 6.45) is 0. The molecule has 0 N–H and O–H groups in total. The van der Waals surface area contributed by atoms with Crippen LogP contribution in [0.15, 0.2) is 150 Å². The second-order valence-electron chi connectivity index (χ2n) is 18.3. The zero-order valence-corrected chi connectivity index (χ0v) is 35.0. The van der Waals surface area contributed by atoms with Crippen LogP contribution in [0.25, 0.3) is 53.4 Å². The Balaban J connectivity index is 1.27. The van der Waals surface area contributed by atoms with Crippen molar-refractivity contribution in [2.75, 3.05) is 9.71 Å². The van der Waals surface area contributed by atoms with E-state index < -0.39 is 0 Å². The van der Waals surface area contributed by atoms with E-state index in [4.69, 9.17) is 4.42 Å². The highest BCUT2D eigenvalue weighted by Gasteiger charge is 2.49. The molecule has 2 aromatic heterocycles. The molecule has 0 bridgehead atoms. The van der Waals surface area contributed by atoms with Crippen LogP contribution < -0.4 is 20.8 Å². The number of hydrogen-bond acceptors (Lipinski definition) is 4. The second-order valence-corrected chi connectivity index (χ2v) is 19.4. The fourth-order valence-corrected chi connectivity index (χ4v) is 10.6. The van der Waals surface area contributed by atoms with Crippen LogP contribution in [0, 0.1) is 6.92 Å². The molecule has 282 valence electrons. The van der Waals surface area contributed by atoms with E-state index in [2.05, 4.69) is 204 Å². The molecule has 0 atom stereocenters. The molecule has 0 aliphatic carbocycles. The average Bonchev–Trinajstić information content (AvgIpc) is 3.78. The number of benzene rings is 7. The Labute approximate surface area is 345 Å². The van der Waals surface area contributed by atoms with Gasteiger partial charge in [0.1, 0.15) is 11.2 Å². The van der Waals surface area contributed by atoms with E-state index >= 15 is 0 Å². The zero-order chi connectivity index (χ0) is 39.7. The van der Waals surface area contributed by atoms with Crippen LogP contribution in [0.2, 0.25) is 0 Å². The van der Waals surface area contributed by atoms with Crippen LogP contribution in [0.4, 0.5) is 28.4 Å². The summed E-state index contributed by atoms with van der Waals surface area (Å²) < 4.78 is 9.87. The molecule has 0 amide bonds. The third-order valence-corrected chi connectivity index (χ3v) is 13.5. The quantitative estimate of drug-likeness (QED) is 0.167. The van der Waals surface area contributed by atoms with E-state index in [1.54, 1.807) is 0 Å². The monoisotopic (exact) mass is 768 g/mol. The standard InChI is InChI=1S/C53H45BN2OS/c1-32-27-42-40-31-48-41(37-17-12-14-20-47(37)58-48)30-44(40)56(36-24-21-34(22-25-36)52(2,3)4)54-49(42)45(28-32)55(50-38-18-11-13-19-46(38)57-51(50)54)43-26-23-35(53(5,6)7)29-39(43)33-15-9-8-10-16-33/h8-31H,1-7H3. The lowest BCUT2D eigenvalue weighted by Gasteiger charge is -2.44. The van der Waals surface area contributed by atoms with Gasteiger partial charge in [-0.1, -0.05) is 126 Å². The predicted molar refractivity (Wildman–Crippen MR) is 250 cm³/mol. The Morgan fingerprint density at radius 1 is 0.534 bits per heavy atom. The number of hydrogen-bond donors (Lipinski definition) is 0. The lowest BCUT2D eigenvalue weighted by Crippen LogP contribution is -2.61. The normalized spacial score (nSPS) is 13.7. The molecule has 4 heterocycles. The largest absolute Gasteiger partial charge is 0.466 e. The minimum atomic E-state index is -0.214. The van der Waals surface area contributed by atoms with Gasteiger partial charge in [-0.05, 0) is 112 Å². The molecule has 2 aliphatic heterocycles. The van der Waals surface area contributed by atoms with Crippen LogP contribution in [0.5, 0.6) is 0 Å². The minimum Gasteiger partial charge on any atom is -0.466 e. The first-order valence-corrected chi connectivity index (χ1v) is 21.3. The number of thiophene rings is 1. The van der Waals surface area contributed by atoms with E-state index in [0.29, 0.717) is 0 Å². The lowest BCUT2D eigenvalue weighted by molar-refractivity contribution is 0.590. The molecular formula is C53H45BN2OS. The van der Waals surface area contributed by atoms with Gasteiger partial charge in [0.25, 0.3) is 0 Å². The van der Waals surface area contributed by atoms with Gasteiger partial charge in [0, 0.05) is 53.7 Å². The van der Waals surface area contributed by atoms with Gasteiger partial charge in [0.05, 0.1) is 11.4 Å². The molecule has 11 rings (SSSR count). The summed E-state index contributed by atoms with van der Waals surface area (Å²) in [5.74, 6) is 0. The number of rotatable bonds is 3. The fourth-order valence-electron chi connectivity index (χ4n) is 9.46. The van der Waals surface area contributed by atoms with Crippen LogP contribution in [-0.2, 0) is 10.8 Å². The topological polar surface area (TPSA) is 19.6 Å². The SMILES string of the molecule is Cc1cc2c3c(c1)N(c1ccc(C(C)(C)C)cc1-c1ccccc1)c1c(oc4ccccc14)B3N(c1ccc(C(C)(C)C)cc1)c1cc3c(cc1-2)sc1ccccc13. The van der Waals surface area contributed by atoms with Crippen molar-refractivity contribution in [2.45, 2.75) is 59.3 Å². The molecule has 5 heteroatoms. The van der Waals surface area contributed by atoms with E-state index in [1.165, 1.54) is 76.0 Å². The number of fused-ring (bicyclic) bond motifs is 9. The molecule has 9 aromatic rings. The van der Waals surface area contributed by atoms with Gasteiger partial charge in [-0.25, -0.2) is 0 Å². The van der Waals surface area contributed by atoms with E-state index in [0.717, 1.165) is 33.7 Å². The molecule has 0 spiro atoms. The summed E-state index contributed by atoms with van der Waals surface area (Å²) in [5.41, 5.74) is 17.7. The van der Waals surface area contributed by atoms with E-state index in [1.807, 2.05) is 11.3 Å². The van der Waals surface area contributed by atoms with Gasteiger partial charge < -0.3 is 14.1 Å². The molecule has 0 unspecified atom stereocenters. The minimum absolute atomic E-state index is 0.0181. The third-order valence-electron chi connectivity index (χ3n) is 12.4. The van der Waals surface area contributed by atoms with Crippen molar-refractivity contribution in [3.8, 4) is 22.3 Å². The van der Waals surface area contributed by atoms with E-state index in [-0.39, 0.29) is 17.7 Å². The van der Waals surface area contributed by atoms with Crippen molar-refractivity contribution < 1.29 is 4.42 Å². The summed E-state index contributed by atoms with van der Waals surface area (Å²) in [6.45, 7) is 15.8. The molecule has 58 heavy (non-hydrogen) atoms. The first-order valence-electron chi connectivity index (χ1n) is 20.5. The van der Waals surface area contributed by atoms with Gasteiger partial charge in [-0.3, -0.25) is 0 Å². The van der Waals surface area contributed by atoms with Crippen LogP contribution in [0.1, 0.15) is 58.2 Å². The fraction of sp³-hybridized carbons (Fsp3) is 0.170. The van der Waals surface area contributed by atoms with E-state index in [9.17, 15) is 0 Å². The van der Waals surface area contributed by atoms with Gasteiger partial charge >= 0.3 is 6.85 Å². The van der Waals surface area contributed by atoms with Crippen LogP contribution >= 0.6 is 11.3 Å². The first kappa shape index (κ1) is 35.2. The Morgan fingerprint density at radius 3 is 1.98 bits per heavy atom. The summed E-state index contributed by atoms with van der Waals surface area (Å²) in [5, 5.41) is 3.70. The molecule has 3 nitrogen and oxygen atoms in total. The van der Waals surface area contributed by atoms with Gasteiger partial charge in [0.2, 0.25) is 0 Å². The summed E-state index contributed by atoms with van der Waals surface area (Å²) in [4.78, 5) is 5.11. The maximum Gasteiger partial charge on any atom is 0.375 e. The van der Waals surface area contributed by atoms with Crippen LogP contribution in [-0.4, -0.2) is 6.85 Å². The maximum atomic E-state index is 7.25. The number of furan rings is 1. The third kappa shape index (κ3) is 5.26. The Hall–Kier alpha value is -6.04. The molecule has 7 aromatic carbocycles. The Morgan fingerprint density at radius 2 is 1.22 bits per heavy atom. The van der Waals surface area contributed by atoms with Crippen molar-refractivity contribution >= 4 is 88.9 Å². The lowest BCUT2D eigenvalue weighted by atomic mass is 9.45. The summed E-state index contributed by atoms with van der Waals surface area (Å²) in [6, 6.07) is 54.5. The first-order chi connectivity index (χ1) is 27.9. The van der Waals surface area contributed by atoms with Crippen LogP contribution in [0.3, 0.4) is 0 Å². The molecule has 0 fully saturated rings. The number of anilines is 5. The predicted octanol–water partition coefficient (Wildman–Crippen LogP) is 14.1. The molecule has 0 saturated carbocycles. The second kappa shape index (κ2) is 12.5. The van der Waals surface area contributed by atoms with Gasteiger partial charge in [-0.2, -0.15) is 0 Å². The summed E-state index contributed by atoms with van der Waals surface area (Å²) in [7, 11) is 0. The molecule has 2 aliphatic rings. The maximum absolute atomic E-state index is 7.25. The van der Waals surface area contributed by atoms with Crippen molar-refractivity contribution in [1.29, 1.82) is 0 Å². The number of nitrogens with zero attached hydrogens (tertiary/aromatic N) is 2. The van der Waals surface area contributed by atoms with Crippen molar-refractivity contribution in [1.82, 2.24) is 0 Å². The molecular weight excluding hydrogens is 723 g/mol. The Bertz CT molecular complexity index is 3110. The smallest absolute Gasteiger partial charge is 0.375 e. The number of aryl methyl sites for hydroxylation is 1. The van der Waals surface area contributed by atoms with Gasteiger partial charge in [0.15, 0.2) is 0 Å². The van der Waals surface area contributed by atoms with Gasteiger partial charge in [-0.15, -0.1) is 11.3 Å². The highest BCUT2D eigenvalue weighted by molar-refractivity contribution is 7.25. The van der Waals surface area contributed by atoms with Crippen molar-refractivity contribution in [2.24, 2.45) is 0 Å².